The number of hydrogen-bond acceptors (Lipinski definition) is 4. The van der Waals surface area contributed by atoms with Gasteiger partial charge in [-0.2, -0.15) is 0 Å². The van der Waals surface area contributed by atoms with Gasteiger partial charge in [0, 0.05) is 41.0 Å². The Hall–Kier alpha value is -3.02. The fourth-order valence-corrected chi connectivity index (χ4v) is 5.18. The van der Waals surface area contributed by atoms with Gasteiger partial charge in [0.25, 0.3) is 0 Å². The van der Waals surface area contributed by atoms with Crippen molar-refractivity contribution in [2.45, 2.75) is 118 Å². The topological polar surface area (TPSA) is 115 Å². The van der Waals surface area contributed by atoms with E-state index in [0.717, 1.165) is 35.1 Å². The van der Waals surface area contributed by atoms with Gasteiger partial charge >= 0.3 is 11.9 Å². The van der Waals surface area contributed by atoms with E-state index in [-0.39, 0.29) is 35.2 Å². The van der Waals surface area contributed by atoms with Crippen LogP contribution in [0.5, 0.6) is 11.5 Å². The van der Waals surface area contributed by atoms with Crippen LogP contribution in [0.4, 0.5) is 0 Å². The molecule has 2 aromatic carbocycles. The minimum Gasteiger partial charge on any atom is -0.507 e. The molecule has 0 bridgehead atoms. The molecule has 2 aromatic rings. The quantitative estimate of drug-likeness (QED) is 0.219. The number of phenols is 2. The molecular formula is C33H48O6. The molecule has 39 heavy (non-hydrogen) atoms. The van der Waals surface area contributed by atoms with Crippen LogP contribution in [0.15, 0.2) is 24.3 Å². The van der Waals surface area contributed by atoms with Crippen LogP contribution in [0.25, 0.3) is 0 Å². The molecule has 0 saturated heterocycles. The average molecular weight is 541 g/mol. The third kappa shape index (κ3) is 7.55. The predicted molar refractivity (Wildman–Crippen MR) is 156 cm³/mol. The number of carboxylic acid groups (broad SMARTS) is 2. The zero-order chi connectivity index (χ0) is 29.9. The Bertz CT molecular complexity index is 1110. The lowest BCUT2D eigenvalue weighted by molar-refractivity contribution is -0.138. The van der Waals surface area contributed by atoms with Crippen molar-refractivity contribution < 1.29 is 30.0 Å². The van der Waals surface area contributed by atoms with Gasteiger partial charge in [0.1, 0.15) is 11.5 Å². The van der Waals surface area contributed by atoms with E-state index in [9.17, 15) is 30.0 Å². The van der Waals surface area contributed by atoms with E-state index >= 15 is 0 Å². The minimum absolute atomic E-state index is 0.0266. The molecule has 0 unspecified atom stereocenters. The molecule has 6 nitrogen and oxygen atoms in total. The summed E-state index contributed by atoms with van der Waals surface area (Å²) < 4.78 is 0. The third-order valence-corrected chi connectivity index (χ3v) is 8.37. The van der Waals surface area contributed by atoms with Crippen LogP contribution < -0.4 is 0 Å². The first-order valence-corrected chi connectivity index (χ1v) is 14.0. The lowest BCUT2D eigenvalue weighted by Crippen LogP contribution is -2.24. The van der Waals surface area contributed by atoms with Crippen LogP contribution in [-0.4, -0.2) is 32.4 Å². The molecule has 2 rings (SSSR count). The van der Waals surface area contributed by atoms with Gasteiger partial charge in [-0.05, 0) is 53.1 Å². The molecule has 0 radical (unpaired) electrons. The molecule has 0 amide bonds. The third-order valence-electron chi connectivity index (χ3n) is 8.37. The first-order chi connectivity index (χ1) is 17.9. The van der Waals surface area contributed by atoms with Gasteiger partial charge < -0.3 is 20.4 Å². The number of aryl methyl sites for hydroxylation is 2. The first kappa shape index (κ1) is 32.2. The Balaban J connectivity index is 2.98. The largest absolute Gasteiger partial charge is 0.507 e. The maximum Gasteiger partial charge on any atom is 0.303 e. The molecule has 6 heteroatoms. The summed E-state index contributed by atoms with van der Waals surface area (Å²) in [6.45, 7) is 18.5. The van der Waals surface area contributed by atoms with Crippen LogP contribution >= 0.6 is 0 Å². The highest BCUT2D eigenvalue weighted by atomic mass is 16.4. The van der Waals surface area contributed by atoms with E-state index in [0.29, 0.717) is 24.0 Å². The van der Waals surface area contributed by atoms with E-state index in [1.807, 2.05) is 24.3 Å². The molecule has 4 N–H and O–H groups in total. The van der Waals surface area contributed by atoms with Gasteiger partial charge in [0.2, 0.25) is 0 Å². The van der Waals surface area contributed by atoms with Crippen LogP contribution in [0.1, 0.15) is 127 Å². The van der Waals surface area contributed by atoms with E-state index in [1.54, 1.807) is 0 Å². The number of benzene rings is 2. The Morgan fingerprint density at radius 2 is 1.00 bits per heavy atom. The lowest BCUT2D eigenvalue weighted by Gasteiger charge is -2.37. The number of carboxylic acids is 2. The number of phenolic OH excluding ortho intramolecular Hbond substituents is 2. The zero-order valence-corrected chi connectivity index (χ0v) is 25.2. The fraction of sp³-hybridized carbons (Fsp3) is 0.576. The molecule has 0 aliphatic heterocycles. The van der Waals surface area contributed by atoms with Crippen molar-refractivity contribution >= 4 is 11.9 Å². The lowest BCUT2D eigenvalue weighted by atomic mass is 9.68. The van der Waals surface area contributed by atoms with Gasteiger partial charge in [-0.1, -0.05) is 86.6 Å². The van der Waals surface area contributed by atoms with Gasteiger partial charge in [-0.25, -0.2) is 0 Å². The van der Waals surface area contributed by atoms with Crippen molar-refractivity contribution in [3.8, 4) is 11.5 Å². The van der Waals surface area contributed by atoms with Crippen molar-refractivity contribution in [1.29, 1.82) is 0 Å². The molecule has 216 valence electrons. The average Bonchev–Trinajstić information content (AvgIpc) is 2.83. The number of aromatic hydroxyl groups is 2. The maximum atomic E-state index is 11.8. The molecule has 0 heterocycles. The van der Waals surface area contributed by atoms with Crippen molar-refractivity contribution in [1.82, 2.24) is 0 Å². The van der Waals surface area contributed by atoms with Crippen LogP contribution in [-0.2, 0) is 33.3 Å². The van der Waals surface area contributed by atoms with E-state index in [4.69, 9.17) is 0 Å². The van der Waals surface area contributed by atoms with Crippen LogP contribution in [0.2, 0.25) is 0 Å². The molecule has 0 saturated carbocycles. The highest BCUT2D eigenvalue weighted by molar-refractivity contribution is 5.68. The summed E-state index contributed by atoms with van der Waals surface area (Å²) in [4.78, 5) is 22.8. The monoisotopic (exact) mass is 540 g/mol. The minimum atomic E-state index is -0.886. The summed E-state index contributed by atoms with van der Waals surface area (Å²) >= 11 is 0. The number of aliphatic carboxylic acids is 2. The highest BCUT2D eigenvalue weighted by Crippen LogP contribution is 2.51. The predicted octanol–water partition coefficient (Wildman–Crippen LogP) is 7.69. The first-order valence-electron chi connectivity index (χ1n) is 14.0. The number of carbonyl (C=O) groups is 2. The molecule has 0 atom stereocenters. The summed E-state index contributed by atoms with van der Waals surface area (Å²) in [6.07, 6.45) is 2.14. The number of rotatable bonds is 12. The molecular weight excluding hydrogens is 492 g/mol. The van der Waals surface area contributed by atoms with Crippen LogP contribution in [0.3, 0.4) is 0 Å². The summed E-state index contributed by atoms with van der Waals surface area (Å²) in [5, 5.41) is 42.3. The van der Waals surface area contributed by atoms with Crippen molar-refractivity contribution in [3.63, 3.8) is 0 Å². The molecule has 0 aliphatic rings. The van der Waals surface area contributed by atoms with Crippen LogP contribution in [0, 0.1) is 5.41 Å². The second-order valence-electron chi connectivity index (χ2n) is 13.2. The molecule has 0 aliphatic carbocycles. The Labute approximate surface area is 234 Å². The maximum absolute atomic E-state index is 11.8. The molecule has 0 aromatic heterocycles. The SMILES string of the molecule is CCC(C)(C)c1cc(CCC(=O)O)cc(C(c2cc(CCC(=O)O)cc(C(C)(C)CC)c2O)C(C)(C)C)c1O. The standard InChI is InChI=1S/C33H48O6/c1-10-32(6,7)24-18-20(12-14-26(34)35)16-22(29(24)38)28(31(3,4)5)23-17-21(13-15-27(36)37)19-25(30(23)39)33(8,9)11-2/h16-19,28,38-39H,10-15H2,1-9H3,(H,34,35)(H,36,37). The normalized spacial score (nSPS) is 12.7. The Kier molecular flexibility index (Phi) is 9.92. The van der Waals surface area contributed by atoms with E-state index in [2.05, 4.69) is 62.3 Å². The molecule has 0 fully saturated rings. The van der Waals surface area contributed by atoms with Gasteiger partial charge in [-0.3, -0.25) is 9.59 Å². The van der Waals surface area contributed by atoms with Crippen molar-refractivity contribution in [2.75, 3.05) is 0 Å². The van der Waals surface area contributed by atoms with Gasteiger partial charge in [-0.15, -0.1) is 0 Å². The fourth-order valence-electron chi connectivity index (χ4n) is 5.18. The highest BCUT2D eigenvalue weighted by Gasteiger charge is 2.37. The second-order valence-corrected chi connectivity index (χ2v) is 13.2. The van der Waals surface area contributed by atoms with E-state index < -0.39 is 23.3 Å². The summed E-state index contributed by atoms with van der Waals surface area (Å²) in [5.74, 6) is -1.89. The second kappa shape index (κ2) is 12.0. The number of hydrogen-bond donors (Lipinski definition) is 4. The summed E-state index contributed by atoms with van der Waals surface area (Å²) in [7, 11) is 0. The Morgan fingerprint density at radius 1 is 0.667 bits per heavy atom. The zero-order valence-electron chi connectivity index (χ0n) is 25.2. The van der Waals surface area contributed by atoms with Gasteiger partial charge in [0.05, 0.1) is 0 Å². The van der Waals surface area contributed by atoms with Crippen molar-refractivity contribution in [3.05, 3.63) is 57.6 Å². The Morgan fingerprint density at radius 3 is 1.26 bits per heavy atom. The van der Waals surface area contributed by atoms with Crippen molar-refractivity contribution in [2.24, 2.45) is 5.41 Å². The molecule has 0 spiro atoms. The summed E-state index contributed by atoms with van der Waals surface area (Å²) in [5.41, 5.74) is 3.29. The van der Waals surface area contributed by atoms with E-state index in [1.165, 1.54) is 0 Å². The smallest absolute Gasteiger partial charge is 0.303 e. The summed E-state index contributed by atoms with van der Waals surface area (Å²) in [6, 6.07) is 7.61. The van der Waals surface area contributed by atoms with Gasteiger partial charge in [0.15, 0.2) is 0 Å².